The maximum atomic E-state index is 5.56. The Balaban J connectivity index is 1.25. The molecule has 1 aliphatic carbocycles. The molecule has 2 atom stereocenters. The number of aromatic nitrogens is 1. The van der Waals surface area contributed by atoms with E-state index >= 15 is 0 Å². The first-order valence-electron chi connectivity index (χ1n) is 12.8. The van der Waals surface area contributed by atoms with Gasteiger partial charge in [-0.2, -0.15) is 0 Å². The van der Waals surface area contributed by atoms with Crippen molar-refractivity contribution in [3.8, 4) is 0 Å². The van der Waals surface area contributed by atoms with Gasteiger partial charge in [-0.3, -0.25) is 9.88 Å². The van der Waals surface area contributed by atoms with Crippen LogP contribution in [0.2, 0.25) is 0 Å². The molecule has 3 heterocycles. The Labute approximate surface area is 209 Å². The standard InChI is InChI=1S/C27H37N5OS/c1-3-33-27(34)32-15-13-31(14-16-32)24-10-5-8-21-18-29-22(17-23(21)24)19-30(2)25-11-4-7-20-9-6-12-28-26(20)25/h5-6,8-10,12,22,25,29H,3-4,7,11,13-19H2,1-2H3/t22-,25+/m1/s1. The van der Waals surface area contributed by atoms with Crippen LogP contribution in [-0.4, -0.2) is 72.4 Å². The number of nitrogens with one attached hydrogen (secondary N) is 1. The highest BCUT2D eigenvalue weighted by molar-refractivity contribution is 7.80. The summed E-state index contributed by atoms with van der Waals surface area (Å²) in [5.41, 5.74) is 7.07. The molecule has 7 heteroatoms. The fraction of sp³-hybridized carbons (Fsp3) is 0.556. The van der Waals surface area contributed by atoms with Crippen molar-refractivity contribution >= 4 is 23.1 Å². The number of nitrogens with zero attached hydrogens (tertiary/aromatic N) is 4. The second-order valence-electron chi connectivity index (χ2n) is 9.77. The van der Waals surface area contributed by atoms with Crippen molar-refractivity contribution in [1.82, 2.24) is 20.1 Å². The molecule has 1 aromatic carbocycles. The molecule has 0 spiro atoms. The quantitative estimate of drug-likeness (QED) is 0.658. The highest BCUT2D eigenvalue weighted by Gasteiger charge is 2.29. The normalized spacial score (nSPS) is 22.3. The molecule has 1 aromatic heterocycles. The van der Waals surface area contributed by atoms with E-state index in [2.05, 4.69) is 57.4 Å². The Bertz CT molecular complexity index is 1010. The lowest BCUT2D eigenvalue weighted by atomic mass is 9.89. The maximum absolute atomic E-state index is 5.56. The molecule has 0 amide bonds. The first kappa shape index (κ1) is 23.5. The fourth-order valence-electron chi connectivity index (χ4n) is 5.85. The SMILES string of the molecule is CCOC(=S)N1CCN(c2cccc3c2C[C@H](CN(C)[C@H]2CCCc4cccnc42)NC3)CC1. The van der Waals surface area contributed by atoms with Crippen LogP contribution in [0.5, 0.6) is 0 Å². The van der Waals surface area contributed by atoms with Gasteiger partial charge in [-0.1, -0.05) is 18.2 Å². The summed E-state index contributed by atoms with van der Waals surface area (Å²) in [6, 6.07) is 12.0. The van der Waals surface area contributed by atoms with Crippen LogP contribution in [0, 0.1) is 0 Å². The number of anilines is 1. The monoisotopic (exact) mass is 479 g/mol. The molecule has 3 aliphatic rings. The second kappa shape index (κ2) is 10.6. The molecule has 2 aromatic rings. The average Bonchev–Trinajstić information content (AvgIpc) is 2.88. The number of thiocarbonyl (C=S) groups is 1. The summed E-state index contributed by atoms with van der Waals surface area (Å²) in [6.07, 6.45) is 6.62. The van der Waals surface area contributed by atoms with Crippen LogP contribution in [0.3, 0.4) is 0 Å². The lowest BCUT2D eigenvalue weighted by Crippen LogP contribution is -2.50. The fourth-order valence-corrected chi connectivity index (χ4v) is 6.15. The van der Waals surface area contributed by atoms with Gasteiger partial charge in [0.15, 0.2) is 0 Å². The van der Waals surface area contributed by atoms with Gasteiger partial charge in [0.2, 0.25) is 0 Å². The third-order valence-corrected chi connectivity index (χ3v) is 8.01. The van der Waals surface area contributed by atoms with Crippen LogP contribution in [-0.2, 0) is 24.1 Å². The zero-order valence-electron chi connectivity index (χ0n) is 20.5. The van der Waals surface area contributed by atoms with Crippen molar-refractivity contribution in [3.05, 3.63) is 58.9 Å². The zero-order valence-corrected chi connectivity index (χ0v) is 21.3. The van der Waals surface area contributed by atoms with Crippen molar-refractivity contribution in [2.45, 2.75) is 51.2 Å². The average molecular weight is 480 g/mol. The summed E-state index contributed by atoms with van der Waals surface area (Å²) >= 11 is 5.43. The summed E-state index contributed by atoms with van der Waals surface area (Å²) in [5, 5.41) is 4.45. The predicted octanol–water partition coefficient (Wildman–Crippen LogP) is 3.55. The summed E-state index contributed by atoms with van der Waals surface area (Å²) in [4.78, 5) is 12.0. The third-order valence-electron chi connectivity index (χ3n) is 7.63. The number of benzene rings is 1. The molecule has 0 unspecified atom stereocenters. The van der Waals surface area contributed by atoms with E-state index in [1.54, 1.807) is 0 Å². The molecule has 0 radical (unpaired) electrons. The van der Waals surface area contributed by atoms with E-state index in [1.165, 1.54) is 40.9 Å². The molecule has 1 N–H and O–H groups in total. The van der Waals surface area contributed by atoms with E-state index in [0.717, 1.165) is 52.1 Å². The lowest BCUT2D eigenvalue weighted by molar-refractivity contribution is 0.191. The van der Waals surface area contributed by atoms with E-state index < -0.39 is 0 Å². The van der Waals surface area contributed by atoms with Gasteiger partial charge >= 0.3 is 0 Å². The van der Waals surface area contributed by atoms with Gasteiger partial charge < -0.3 is 19.9 Å². The first-order chi connectivity index (χ1) is 16.6. The number of piperazine rings is 1. The summed E-state index contributed by atoms with van der Waals surface area (Å²) in [5.74, 6) is 0. The van der Waals surface area contributed by atoms with E-state index in [9.17, 15) is 0 Å². The van der Waals surface area contributed by atoms with Gasteiger partial charge in [-0.15, -0.1) is 0 Å². The van der Waals surface area contributed by atoms with Crippen LogP contribution in [0.25, 0.3) is 0 Å². The number of pyridine rings is 1. The number of likely N-dealkylation sites (N-methyl/N-ethyl adjacent to an activating group) is 1. The van der Waals surface area contributed by atoms with Crippen molar-refractivity contribution in [2.75, 3.05) is 51.3 Å². The first-order valence-corrected chi connectivity index (χ1v) is 13.2. The Morgan fingerprint density at radius 2 is 2.00 bits per heavy atom. The van der Waals surface area contributed by atoms with E-state index in [-0.39, 0.29) is 0 Å². The van der Waals surface area contributed by atoms with Crippen molar-refractivity contribution in [1.29, 1.82) is 0 Å². The molecule has 5 rings (SSSR count). The topological polar surface area (TPSA) is 43.9 Å². The molecule has 1 fully saturated rings. The lowest BCUT2D eigenvalue weighted by Gasteiger charge is -2.40. The molecule has 182 valence electrons. The molecule has 6 nitrogen and oxygen atoms in total. The summed E-state index contributed by atoms with van der Waals surface area (Å²) in [7, 11) is 2.28. The van der Waals surface area contributed by atoms with Gasteiger partial charge in [0.25, 0.3) is 5.17 Å². The molecule has 2 aliphatic heterocycles. The van der Waals surface area contributed by atoms with Gasteiger partial charge in [-0.05, 0) is 80.7 Å². The Kier molecular flexibility index (Phi) is 7.32. The van der Waals surface area contributed by atoms with Gasteiger partial charge in [0, 0.05) is 57.2 Å². The van der Waals surface area contributed by atoms with Crippen molar-refractivity contribution in [2.24, 2.45) is 0 Å². The smallest absolute Gasteiger partial charge is 0.259 e. The maximum Gasteiger partial charge on any atom is 0.259 e. The minimum Gasteiger partial charge on any atom is -0.471 e. The Morgan fingerprint density at radius 1 is 1.18 bits per heavy atom. The number of ether oxygens (including phenoxy) is 1. The number of hydrogen-bond acceptors (Lipinski definition) is 6. The predicted molar refractivity (Wildman–Crippen MR) is 141 cm³/mol. The van der Waals surface area contributed by atoms with Gasteiger partial charge in [0.05, 0.1) is 18.3 Å². The number of fused-ring (bicyclic) bond motifs is 2. The molecule has 34 heavy (non-hydrogen) atoms. The number of aryl methyl sites for hydroxylation is 1. The van der Waals surface area contributed by atoms with E-state index in [1.807, 2.05) is 13.1 Å². The summed E-state index contributed by atoms with van der Waals surface area (Å²) in [6.45, 7) is 8.39. The van der Waals surface area contributed by atoms with Gasteiger partial charge in [0.1, 0.15) is 0 Å². The summed E-state index contributed by atoms with van der Waals surface area (Å²) < 4.78 is 5.56. The van der Waals surface area contributed by atoms with Gasteiger partial charge in [-0.25, -0.2) is 0 Å². The van der Waals surface area contributed by atoms with Crippen LogP contribution in [0.1, 0.15) is 48.2 Å². The van der Waals surface area contributed by atoms with Crippen molar-refractivity contribution < 1.29 is 4.74 Å². The zero-order chi connectivity index (χ0) is 23.5. The van der Waals surface area contributed by atoms with E-state index in [4.69, 9.17) is 21.9 Å². The van der Waals surface area contributed by atoms with Crippen LogP contribution in [0.4, 0.5) is 5.69 Å². The van der Waals surface area contributed by atoms with Crippen molar-refractivity contribution in [3.63, 3.8) is 0 Å². The molecular weight excluding hydrogens is 442 g/mol. The Hall–Kier alpha value is -2.22. The minimum absolute atomic E-state index is 0.422. The molecule has 0 saturated carbocycles. The Morgan fingerprint density at radius 3 is 2.82 bits per heavy atom. The van der Waals surface area contributed by atoms with E-state index in [0.29, 0.717) is 23.9 Å². The molecule has 1 saturated heterocycles. The number of hydrogen-bond donors (Lipinski definition) is 1. The van der Waals surface area contributed by atoms with Crippen LogP contribution in [0.15, 0.2) is 36.5 Å². The third kappa shape index (κ3) is 4.92. The highest BCUT2D eigenvalue weighted by atomic mass is 32.1. The van der Waals surface area contributed by atoms with Crippen LogP contribution < -0.4 is 10.2 Å². The molecular formula is C27H37N5OS. The molecule has 0 bridgehead atoms. The number of rotatable bonds is 5. The minimum atomic E-state index is 0.422. The largest absolute Gasteiger partial charge is 0.471 e. The van der Waals surface area contributed by atoms with Crippen LogP contribution >= 0.6 is 12.2 Å². The second-order valence-corrected chi connectivity index (χ2v) is 10.1. The highest BCUT2D eigenvalue weighted by Crippen LogP contribution is 2.33.